The van der Waals surface area contributed by atoms with Crippen LogP contribution in [0.25, 0.3) is 0 Å². The van der Waals surface area contributed by atoms with Gasteiger partial charge in [-0.25, -0.2) is 4.98 Å². The van der Waals surface area contributed by atoms with E-state index in [0.29, 0.717) is 5.03 Å². The van der Waals surface area contributed by atoms with Gasteiger partial charge in [0.15, 0.2) is 0 Å². The minimum Gasteiger partial charge on any atom is -0.371 e. The number of nitrogens with one attached hydrogen (secondary N) is 1. The quantitative estimate of drug-likeness (QED) is 0.788. The van der Waals surface area contributed by atoms with Crippen LogP contribution in [-0.2, 0) is 17.4 Å². The van der Waals surface area contributed by atoms with Gasteiger partial charge in [-0.15, -0.1) is 0 Å². The smallest absolute Gasteiger partial charge is 0.371 e. The molecule has 0 fully saturated rings. The molecule has 1 aliphatic rings. The molecule has 0 atom stereocenters. The fourth-order valence-electron chi connectivity index (χ4n) is 2.82. The van der Waals surface area contributed by atoms with E-state index in [4.69, 9.17) is 0 Å². The maximum absolute atomic E-state index is 12.5. The molecule has 1 amide bonds. The Balaban J connectivity index is 1.56. The summed E-state index contributed by atoms with van der Waals surface area (Å²) in [6.45, 7) is 3.99. The third-order valence-electron chi connectivity index (χ3n) is 4.16. The van der Waals surface area contributed by atoms with Crippen molar-refractivity contribution in [2.75, 3.05) is 29.1 Å². The summed E-state index contributed by atoms with van der Waals surface area (Å²) in [5, 5.41) is 3.20. The van der Waals surface area contributed by atoms with Crippen molar-refractivity contribution in [3.05, 3.63) is 47.7 Å². The SMILES string of the molecule is CCN1CCc2ccc(NC(=O)CSc3ccc(C(F)(F)F)cn3)cc21. The number of rotatable bonds is 5. The Morgan fingerprint density at radius 2 is 2.12 bits per heavy atom. The van der Waals surface area contributed by atoms with Gasteiger partial charge in [0.1, 0.15) is 0 Å². The van der Waals surface area contributed by atoms with Crippen molar-refractivity contribution >= 4 is 29.0 Å². The van der Waals surface area contributed by atoms with Gasteiger partial charge in [-0.05, 0) is 43.2 Å². The summed E-state index contributed by atoms with van der Waals surface area (Å²) in [6, 6.07) is 8.09. The molecule has 1 aromatic heterocycles. The lowest BCUT2D eigenvalue weighted by molar-refractivity contribution is -0.137. The van der Waals surface area contributed by atoms with E-state index in [1.54, 1.807) is 0 Å². The first-order valence-corrected chi connectivity index (χ1v) is 9.19. The average Bonchev–Trinajstić information content (AvgIpc) is 3.02. The molecule has 26 heavy (non-hydrogen) atoms. The van der Waals surface area contributed by atoms with Crippen LogP contribution in [0.15, 0.2) is 41.6 Å². The van der Waals surface area contributed by atoms with Gasteiger partial charge < -0.3 is 10.2 Å². The highest BCUT2D eigenvalue weighted by Gasteiger charge is 2.30. The summed E-state index contributed by atoms with van der Waals surface area (Å²) in [5.74, 6) is -0.148. The number of benzene rings is 1. The molecule has 138 valence electrons. The summed E-state index contributed by atoms with van der Waals surface area (Å²) in [4.78, 5) is 18.1. The number of aromatic nitrogens is 1. The molecule has 2 aromatic rings. The van der Waals surface area contributed by atoms with Crippen LogP contribution in [0.3, 0.4) is 0 Å². The van der Waals surface area contributed by atoms with Gasteiger partial charge in [-0.3, -0.25) is 4.79 Å². The first-order valence-electron chi connectivity index (χ1n) is 8.20. The number of fused-ring (bicyclic) bond motifs is 1. The van der Waals surface area contributed by atoms with Gasteiger partial charge in [-0.2, -0.15) is 13.2 Å². The Hall–Kier alpha value is -2.22. The van der Waals surface area contributed by atoms with E-state index in [1.165, 1.54) is 11.6 Å². The van der Waals surface area contributed by atoms with E-state index in [1.807, 2.05) is 18.2 Å². The zero-order valence-electron chi connectivity index (χ0n) is 14.1. The van der Waals surface area contributed by atoms with Gasteiger partial charge in [0.2, 0.25) is 5.91 Å². The Morgan fingerprint density at radius 1 is 1.31 bits per heavy atom. The Labute approximate surface area is 153 Å². The second-order valence-electron chi connectivity index (χ2n) is 5.89. The second kappa shape index (κ2) is 7.57. The third-order valence-corrected chi connectivity index (χ3v) is 5.10. The van der Waals surface area contributed by atoms with Gasteiger partial charge in [0.25, 0.3) is 0 Å². The highest BCUT2D eigenvalue weighted by molar-refractivity contribution is 7.99. The van der Waals surface area contributed by atoms with Crippen molar-refractivity contribution in [1.29, 1.82) is 0 Å². The topological polar surface area (TPSA) is 45.2 Å². The standard InChI is InChI=1S/C18H18F3N3OS/c1-2-24-8-7-12-3-5-14(9-15(12)24)23-16(25)11-26-17-6-4-13(10-22-17)18(19,20)21/h3-6,9-10H,2,7-8,11H2,1H3,(H,23,25). The maximum atomic E-state index is 12.5. The number of likely N-dealkylation sites (N-methyl/N-ethyl adjacent to an activating group) is 1. The van der Waals surface area contributed by atoms with Crippen LogP contribution in [0.2, 0.25) is 0 Å². The first kappa shape index (κ1) is 18.6. The first-order chi connectivity index (χ1) is 12.4. The predicted molar refractivity (Wildman–Crippen MR) is 96.6 cm³/mol. The lowest BCUT2D eigenvalue weighted by Crippen LogP contribution is -2.19. The van der Waals surface area contributed by atoms with Crippen molar-refractivity contribution in [2.24, 2.45) is 0 Å². The van der Waals surface area contributed by atoms with E-state index < -0.39 is 11.7 Å². The highest BCUT2D eigenvalue weighted by atomic mass is 32.2. The molecule has 8 heteroatoms. The molecule has 0 saturated heterocycles. The largest absolute Gasteiger partial charge is 0.417 e. The van der Waals surface area contributed by atoms with Crippen LogP contribution < -0.4 is 10.2 Å². The lowest BCUT2D eigenvalue weighted by Gasteiger charge is -2.17. The maximum Gasteiger partial charge on any atom is 0.417 e. The van der Waals surface area contributed by atoms with Gasteiger partial charge in [0.05, 0.1) is 16.3 Å². The molecule has 0 unspecified atom stereocenters. The molecule has 1 aromatic carbocycles. The molecule has 0 saturated carbocycles. The fraction of sp³-hybridized carbons (Fsp3) is 0.333. The van der Waals surface area contributed by atoms with Crippen LogP contribution in [-0.4, -0.2) is 29.7 Å². The number of carbonyl (C=O) groups is 1. The zero-order chi connectivity index (χ0) is 18.7. The molecular formula is C18H18F3N3OS. The normalized spacial score (nSPS) is 13.6. The molecule has 0 spiro atoms. The van der Waals surface area contributed by atoms with Gasteiger partial charge >= 0.3 is 6.18 Å². The van der Waals surface area contributed by atoms with Crippen molar-refractivity contribution in [1.82, 2.24) is 4.98 Å². The number of amides is 1. The molecule has 2 heterocycles. The van der Waals surface area contributed by atoms with Crippen molar-refractivity contribution in [2.45, 2.75) is 24.5 Å². The van der Waals surface area contributed by atoms with Gasteiger partial charge in [0, 0.05) is 30.7 Å². The average molecular weight is 381 g/mol. The number of nitrogens with zero attached hydrogens (tertiary/aromatic N) is 2. The van der Waals surface area contributed by atoms with Crippen molar-refractivity contribution in [3.63, 3.8) is 0 Å². The van der Waals surface area contributed by atoms with Crippen LogP contribution in [0.4, 0.5) is 24.5 Å². The van der Waals surface area contributed by atoms with Crippen LogP contribution in [0, 0.1) is 0 Å². The zero-order valence-corrected chi connectivity index (χ0v) is 15.0. The summed E-state index contributed by atoms with van der Waals surface area (Å²) in [7, 11) is 0. The number of thioether (sulfide) groups is 1. The summed E-state index contributed by atoms with van der Waals surface area (Å²) in [5.41, 5.74) is 2.33. The summed E-state index contributed by atoms with van der Waals surface area (Å²) >= 11 is 1.10. The van der Waals surface area contributed by atoms with Crippen molar-refractivity contribution < 1.29 is 18.0 Å². The van der Waals surface area contributed by atoms with Crippen LogP contribution >= 0.6 is 11.8 Å². The molecule has 3 rings (SSSR count). The minimum atomic E-state index is -4.41. The Kier molecular flexibility index (Phi) is 5.41. The van der Waals surface area contributed by atoms with Crippen LogP contribution in [0.5, 0.6) is 0 Å². The summed E-state index contributed by atoms with van der Waals surface area (Å²) in [6.07, 6.45) is -2.62. The predicted octanol–water partition coefficient (Wildman–Crippen LogP) is 4.21. The van der Waals surface area contributed by atoms with E-state index in [2.05, 4.69) is 22.1 Å². The van der Waals surface area contributed by atoms with E-state index in [9.17, 15) is 18.0 Å². The van der Waals surface area contributed by atoms with E-state index >= 15 is 0 Å². The number of alkyl halides is 3. The van der Waals surface area contributed by atoms with Crippen LogP contribution in [0.1, 0.15) is 18.1 Å². The molecule has 0 bridgehead atoms. The monoisotopic (exact) mass is 381 g/mol. The van der Waals surface area contributed by atoms with Crippen molar-refractivity contribution in [3.8, 4) is 0 Å². The fourth-order valence-corrected chi connectivity index (χ4v) is 3.46. The molecular weight excluding hydrogens is 363 g/mol. The molecule has 1 N–H and O–H groups in total. The van der Waals surface area contributed by atoms with Gasteiger partial charge in [-0.1, -0.05) is 17.8 Å². The Bertz CT molecular complexity index is 793. The molecule has 0 radical (unpaired) electrons. The minimum absolute atomic E-state index is 0.0763. The van der Waals surface area contributed by atoms with E-state index in [-0.39, 0.29) is 11.7 Å². The lowest BCUT2D eigenvalue weighted by atomic mass is 10.1. The number of hydrogen-bond acceptors (Lipinski definition) is 4. The molecule has 0 aliphatic carbocycles. The molecule has 4 nitrogen and oxygen atoms in total. The number of hydrogen-bond donors (Lipinski definition) is 1. The number of anilines is 2. The second-order valence-corrected chi connectivity index (χ2v) is 6.89. The number of carbonyl (C=O) groups excluding carboxylic acids is 1. The third kappa shape index (κ3) is 4.30. The molecule has 1 aliphatic heterocycles. The van der Waals surface area contributed by atoms with E-state index in [0.717, 1.165) is 54.9 Å². The highest BCUT2D eigenvalue weighted by Crippen LogP contribution is 2.31. The number of halogens is 3. The number of pyridine rings is 1. The Morgan fingerprint density at radius 3 is 2.77 bits per heavy atom. The summed E-state index contributed by atoms with van der Waals surface area (Å²) < 4.78 is 37.5.